The lowest BCUT2D eigenvalue weighted by molar-refractivity contribution is 0.0600. The summed E-state index contributed by atoms with van der Waals surface area (Å²) >= 11 is 0. The van der Waals surface area contributed by atoms with Gasteiger partial charge in [0.15, 0.2) is 14.9 Å². The minimum absolute atomic E-state index is 0.00129. The largest absolute Gasteiger partial charge is 0.465 e. The third kappa shape index (κ3) is 3.52. The molecule has 0 bridgehead atoms. The summed E-state index contributed by atoms with van der Waals surface area (Å²) in [7, 11) is -2.08. The zero-order valence-corrected chi connectivity index (χ0v) is 10.7. The van der Waals surface area contributed by atoms with Gasteiger partial charge in [0.2, 0.25) is 0 Å². The van der Waals surface area contributed by atoms with Crippen LogP contribution in [0.2, 0.25) is 0 Å². The fourth-order valence-electron chi connectivity index (χ4n) is 1.24. The van der Waals surface area contributed by atoms with Gasteiger partial charge >= 0.3 is 5.97 Å². The smallest absolute Gasteiger partial charge is 0.339 e. The molecule has 0 N–H and O–H groups in total. The number of rotatable bonds is 5. The fourth-order valence-corrected chi connectivity index (χ4v) is 2.61. The Labute approximate surface area is 101 Å². The highest BCUT2D eigenvalue weighted by molar-refractivity contribution is 7.91. The van der Waals surface area contributed by atoms with Gasteiger partial charge in [-0.2, -0.15) is 0 Å². The zero-order valence-electron chi connectivity index (χ0n) is 9.84. The van der Waals surface area contributed by atoms with Crippen LogP contribution in [0.15, 0.2) is 23.4 Å². The van der Waals surface area contributed by atoms with E-state index in [1.807, 2.05) is 6.92 Å². The van der Waals surface area contributed by atoms with Gasteiger partial charge in [0, 0.05) is 6.20 Å². The van der Waals surface area contributed by atoms with E-state index in [1.165, 1.54) is 25.4 Å². The maximum absolute atomic E-state index is 11.8. The first-order valence-corrected chi connectivity index (χ1v) is 6.93. The molecular formula is C11H15NO4S. The number of ether oxygens (including phenoxy) is 1. The lowest BCUT2D eigenvalue weighted by Crippen LogP contribution is -2.10. The number of hydrogen-bond donors (Lipinski definition) is 0. The Balaban J connectivity index is 2.91. The van der Waals surface area contributed by atoms with Crippen molar-refractivity contribution >= 4 is 15.8 Å². The number of esters is 1. The van der Waals surface area contributed by atoms with Crippen LogP contribution in [0.1, 0.15) is 30.1 Å². The van der Waals surface area contributed by atoms with Crippen LogP contribution in [0.3, 0.4) is 0 Å². The molecule has 0 amide bonds. The van der Waals surface area contributed by atoms with Crippen LogP contribution in [0.5, 0.6) is 0 Å². The first-order chi connectivity index (χ1) is 8.01. The summed E-state index contributed by atoms with van der Waals surface area (Å²) in [5.41, 5.74) is 0.238. The van der Waals surface area contributed by atoms with Crippen molar-refractivity contribution in [2.24, 2.45) is 0 Å². The van der Waals surface area contributed by atoms with Gasteiger partial charge in [0.25, 0.3) is 0 Å². The van der Waals surface area contributed by atoms with Gasteiger partial charge in [-0.25, -0.2) is 18.2 Å². The predicted molar refractivity (Wildman–Crippen MR) is 62.5 cm³/mol. The molecule has 0 radical (unpaired) electrons. The Bertz CT molecular complexity index is 479. The molecule has 1 heterocycles. The quantitative estimate of drug-likeness (QED) is 0.746. The molecule has 1 aromatic heterocycles. The number of nitrogens with zero attached hydrogens (tertiary/aromatic N) is 1. The molecule has 6 heteroatoms. The number of pyridine rings is 1. The molecule has 0 aliphatic heterocycles. The minimum atomic E-state index is -3.33. The van der Waals surface area contributed by atoms with Gasteiger partial charge in [-0.3, -0.25) is 0 Å². The van der Waals surface area contributed by atoms with Gasteiger partial charge in [-0.15, -0.1) is 0 Å². The van der Waals surface area contributed by atoms with Crippen molar-refractivity contribution < 1.29 is 17.9 Å². The van der Waals surface area contributed by atoms with E-state index in [0.717, 1.165) is 6.42 Å². The lowest BCUT2D eigenvalue weighted by Gasteiger charge is -2.03. The Kier molecular flexibility index (Phi) is 4.62. The molecule has 0 unspecified atom stereocenters. The highest BCUT2D eigenvalue weighted by Crippen LogP contribution is 2.11. The third-order valence-corrected chi connectivity index (χ3v) is 3.95. The van der Waals surface area contributed by atoms with Crippen LogP contribution in [0, 0.1) is 0 Å². The number of carbonyl (C=O) groups is 1. The molecule has 0 atom stereocenters. The first-order valence-electron chi connectivity index (χ1n) is 5.28. The molecule has 1 aromatic rings. The zero-order chi connectivity index (χ0) is 12.9. The summed E-state index contributed by atoms with van der Waals surface area (Å²) in [6.45, 7) is 1.92. The van der Waals surface area contributed by atoms with E-state index >= 15 is 0 Å². The van der Waals surface area contributed by atoms with E-state index in [9.17, 15) is 13.2 Å². The van der Waals surface area contributed by atoms with Crippen LogP contribution in [0.4, 0.5) is 0 Å². The van der Waals surface area contributed by atoms with Crippen molar-refractivity contribution in [3.63, 3.8) is 0 Å². The van der Waals surface area contributed by atoms with Gasteiger partial charge in [0.05, 0.1) is 18.4 Å². The van der Waals surface area contributed by atoms with Crippen molar-refractivity contribution in [2.45, 2.75) is 24.8 Å². The van der Waals surface area contributed by atoms with E-state index in [-0.39, 0.29) is 16.3 Å². The molecule has 1 rings (SSSR count). The molecule has 94 valence electrons. The molecule has 0 aliphatic carbocycles. The van der Waals surface area contributed by atoms with E-state index in [4.69, 9.17) is 0 Å². The second-order valence-electron chi connectivity index (χ2n) is 3.55. The highest BCUT2D eigenvalue weighted by atomic mass is 32.2. The minimum Gasteiger partial charge on any atom is -0.465 e. The Morgan fingerprint density at radius 1 is 1.41 bits per heavy atom. The molecule has 5 nitrogen and oxygen atoms in total. The van der Waals surface area contributed by atoms with Crippen molar-refractivity contribution in [2.75, 3.05) is 12.9 Å². The maximum Gasteiger partial charge on any atom is 0.339 e. The number of unbranched alkanes of at least 4 members (excludes halogenated alkanes) is 1. The molecular weight excluding hydrogens is 242 g/mol. The van der Waals surface area contributed by atoms with E-state index < -0.39 is 15.8 Å². The van der Waals surface area contributed by atoms with Crippen LogP contribution in [-0.2, 0) is 14.6 Å². The maximum atomic E-state index is 11.8. The van der Waals surface area contributed by atoms with Crippen LogP contribution < -0.4 is 0 Å². The number of aromatic nitrogens is 1. The average molecular weight is 257 g/mol. The van der Waals surface area contributed by atoms with Crippen LogP contribution in [0.25, 0.3) is 0 Å². The second-order valence-corrected chi connectivity index (χ2v) is 5.61. The van der Waals surface area contributed by atoms with Gasteiger partial charge < -0.3 is 4.74 Å². The topological polar surface area (TPSA) is 73.3 Å². The SMILES string of the molecule is CCCCS(=O)(=O)c1ccc(C(=O)OC)cn1. The molecule has 17 heavy (non-hydrogen) atoms. The lowest BCUT2D eigenvalue weighted by atomic mass is 10.3. The van der Waals surface area contributed by atoms with Crippen molar-refractivity contribution in [3.05, 3.63) is 23.9 Å². The molecule has 0 saturated heterocycles. The Hall–Kier alpha value is -1.43. The predicted octanol–water partition coefficient (Wildman–Crippen LogP) is 1.44. The van der Waals surface area contributed by atoms with Crippen LogP contribution >= 0.6 is 0 Å². The van der Waals surface area contributed by atoms with E-state index in [0.29, 0.717) is 6.42 Å². The van der Waals surface area contributed by atoms with E-state index in [1.54, 1.807) is 0 Å². The van der Waals surface area contributed by atoms with Gasteiger partial charge in [-0.05, 0) is 18.6 Å². The second kappa shape index (κ2) is 5.77. The monoisotopic (exact) mass is 257 g/mol. The summed E-state index contributed by atoms with van der Waals surface area (Å²) in [5.74, 6) is -0.455. The third-order valence-electron chi connectivity index (χ3n) is 2.24. The summed E-state index contributed by atoms with van der Waals surface area (Å²) in [6, 6.07) is 2.73. The molecule has 0 saturated carbocycles. The summed E-state index contributed by atoms with van der Waals surface area (Å²) in [4.78, 5) is 14.9. The number of hydrogen-bond acceptors (Lipinski definition) is 5. The first kappa shape index (κ1) is 13.6. The Morgan fingerprint density at radius 2 is 2.12 bits per heavy atom. The van der Waals surface area contributed by atoms with Crippen molar-refractivity contribution in [3.8, 4) is 0 Å². The molecule has 0 aromatic carbocycles. The van der Waals surface area contributed by atoms with Crippen LogP contribution in [-0.4, -0.2) is 32.2 Å². The fraction of sp³-hybridized carbons (Fsp3) is 0.455. The molecule has 0 spiro atoms. The molecule has 0 fully saturated rings. The summed E-state index contributed by atoms with van der Waals surface area (Å²) in [5, 5.41) is -0.00129. The highest BCUT2D eigenvalue weighted by Gasteiger charge is 2.16. The summed E-state index contributed by atoms with van der Waals surface area (Å²) in [6.07, 6.45) is 2.62. The standard InChI is InChI=1S/C11H15NO4S/c1-3-4-7-17(14,15)10-6-5-9(8-12-10)11(13)16-2/h5-6,8H,3-4,7H2,1-2H3. The van der Waals surface area contributed by atoms with E-state index in [2.05, 4.69) is 9.72 Å². The van der Waals surface area contributed by atoms with Gasteiger partial charge in [0.1, 0.15) is 0 Å². The number of methoxy groups -OCH3 is 1. The molecule has 0 aliphatic rings. The number of carbonyl (C=O) groups excluding carboxylic acids is 1. The van der Waals surface area contributed by atoms with Crippen molar-refractivity contribution in [1.82, 2.24) is 4.98 Å². The van der Waals surface area contributed by atoms with Crippen molar-refractivity contribution in [1.29, 1.82) is 0 Å². The Morgan fingerprint density at radius 3 is 2.59 bits per heavy atom. The summed E-state index contributed by atoms with van der Waals surface area (Å²) < 4.78 is 28.0. The normalized spacial score (nSPS) is 11.2. The van der Waals surface area contributed by atoms with Gasteiger partial charge in [-0.1, -0.05) is 13.3 Å². The average Bonchev–Trinajstić information content (AvgIpc) is 2.35. The number of sulfone groups is 1.